The molecule has 0 bridgehead atoms. The number of aryl methyl sites for hydroxylation is 1. The van der Waals surface area contributed by atoms with Crippen molar-refractivity contribution in [2.75, 3.05) is 13.2 Å². The molecule has 8 heteroatoms. The fraction of sp³-hybridized carbons (Fsp3) is 0.261. The highest BCUT2D eigenvalue weighted by Crippen LogP contribution is 2.19. The molecule has 0 radical (unpaired) electrons. The van der Waals surface area contributed by atoms with Crippen LogP contribution in [0.5, 0.6) is 0 Å². The summed E-state index contributed by atoms with van der Waals surface area (Å²) in [6.07, 6.45) is 1.58. The molecule has 0 fully saturated rings. The summed E-state index contributed by atoms with van der Waals surface area (Å²) in [4.78, 5) is 40.0. The van der Waals surface area contributed by atoms with Gasteiger partial charge in [0.05, 0.1) is 6.61 Å². The highest BCUT2D eigenvalue weighted by Gasteiger charge is 2.21. The Morgan fingerprint density at radius 1 is 1.00 bits per heavy atom. The van der Waals surface area contributed by atoms with Crippen LogP contribution in [-0.4, -0.2) is 41.1 Å². The first kappa shape index (κ1) is 21.9. The number of ether oxygens (including phenoxy) is 2. The maximum Gasteiger partial charge on any atom is 0.426 e. The first-order valence-corrected chi connectivity index (χ1v) is 10.0. The normalized spacial score (nSPS) is 10.5. The average molecular weight is 423 g/mol. The Kier molecular flexibility index (Phi) is 7.64. The number of carbonyl (C=O) groups is 3. The molecule has 0 spiro atoms. The van der Waals surface area contributed by atoms with Crippen LogP contribution >= 0.6 is 0 Å². The molecular weight excluding hydrogens is 398 g/mol. The van der Waals surface area contributed by atoms with Crippen molar-refractivity contribution in [1.29, 1.82) is 0 Å². The molecule has 0 aliphatic heterocycles. The van der Waals surface area contributed by atoms with Crippen LogP contribution < -0.4 is 5.43 Å². The van der Waals surface area contributed by atoms with Crippen LogP contribution in [0.1, 0.15) is 24.5 Å². The number of amides is 2. The fourth-order valence-corrected chi connectivity index (χ4v) is 3.11. The summed E-state index contributed by atoms with van der Waals surface area (Å²) in [7, 11) is 0. The van der Waals surface area contributed by atoms with Gasteiger partial charge in [-0.05, 0) is 30.5 Å². The van der Waals surface area contributed by atoms with Gasteiger partial charge in [0.1, 0.15) is 13.2 Å². The van der Waals surface area contributed by atoms with E-state index in [9.17, 15) is 14.4 Å². The number of esters is 1. The first-order valence-electron chi connectivity index (χ1n) is 10.0. The minimum atomic E-state index is -0.825. The summed E-state index contributed by atoms with van der Waals surface area (Å²) < 4.78 is 10.1. The highest BCUT2D eigenvalue weighted by atomic mass is 16.6. The van der Waals surface area contributed by atoms with Crippen molar-refractivity contribution in [3.63, 3.8) is 0 Å². The number of nitrogens with zero attached hydrogens (tertiary/aromatic N) is 1. The maximum atomic E-state index is 12.8. The molecule has 3 rings (SSSR count). The number of hydrazine groups is 1. The summed E-state index contributed by atoms with van der Waals surface area (Å²) in [5, 5.41) is 1.97. The van der Waals surface area contributed by atoms with Crippen LogP contribution in [0.15, 0.2) is 60.8 Å². The summed E-state index contributed by atoms with van der Waals surface area (Å²) in [5.41, 5.74) is 5.12. The van der Waals surface area contributed by atoms with Crippen LogP contribution in [-0.2, 0) is 32.1 Å². The number of rotatable bonds is 8. The number of carbonyl (C=O) groups excluding carboxylic acids is 3. The second kappa shape index (κ2) is 10.8. The molecule has 0 unspecified atom stereocenters. The van der Waals surface area contributed by atoms with E-state index in [-0.39, 0.29) is 19.6 Å². The lowest BCUT2D eigenvalue weighted by molar-refractivity contribution is -0.150. The zero-order chi connectivity index (χ0) is 22.1. The van der Waals surface area contributed by atoms with Crippen molar-refractivity contribution in [2.24, 2.45) is 0 Å². The van der Waals surface area contributed by atoms with Gasteiger partial charge < -0.3 is 14.5 Å². The zero-order valence-electron chi connectivity index (χ0n) is 17.3. The van der Waals surface area contributed by atoms with Crippen molar-refractivity contribution in [2.45, 2.75) is 26.4 Å². The minimum absolute atomic E-state index is 0.0451. The Labute approximate surface area is 180 Å². The molecule has 0 saturated carbocycles. The van der Waals surface area contributed by atoms with Gasteiger partial charge in [0.25, 0.3) is 0 Å². The molecule has 0 atom stereocenters. The molecule has 162 valence electrons. The standard InChI is InChI=1S/C23H25N3O5/c1-2-30-22(28)15-26(25-23(29)31-16-17-8-4-3-5-9-17)21(27)13-12-18-14-24-20-11-7-6-10-19(18)20/h3-11,14,24H,2,12-13,15-16H2,1H3,(H,25,29). The largest absolute Gasteiger partial charge is 0.465 e. The predicted molar refractivity (Wildman–Crippen MR) is 115 cm³/mol. The summed E-state index contributed by atoms with van der Waals surface area (Å²) >= 11 is 0. The van der Waals surface area contributed by atoms with E-state index in [4.69, 9.17) is 9.47 Å². The van der Waals surface area contributed by atoms with Gasteiger partial charge in [-0.15, -0.1) is 0 Å². The van der Waals surface area contributed by atoms with Crippen molar-refractivity contribution in [3.05, 3.63) is 71.9 Å². The third-order valence-corrected chi connectivity index (χ3v) is 4.62. The molecule has 8 nitrogen and oxygen atoms in total. The zero-order valence-corrected chi connectivity index (χ0v) is 17.3. The second-order valence-corrected chi connectivity index (χ2v) is 6.82. The predicted octanol–water partition coefficient (Wildman–Crippen LogP) is 3.33. The van der Waals surface area contributed by atoms with Gasteiger partial charge in [-0.3, -0.25) is 9.59 Å². The first-order chi connectivity index (χ1) is 15.1. The molecule has 2 aromatic carbocycles. The van der Waals surface area contributed by atoms with Gasteiger partial charge in [0.2, 0.25) is 5.91 Å². The number of nitrogens with one attached hydrogen (secondary N) is 2. The van der Waals surface area contributed by atoms with E-state index < -0.39 is 24.5 Å². The monoisotopic (exact) mass is 423 g/mol. The number of para-hydroxylation sites is 1. The summed E-state index contributed by atoms with van der Waals surface area (Å²) in [6, 6.07) is 16.9. The number of hydrogen-bond donors (Lipinski definition) is 2. The van der Waals surface area contributed by atoms with Gasteiger partial charge in [-0.25, -0.2) is 15.2 Å². The number of fused-ring (bicyclic) bond motifs is 1. The Morgan fingerprint density at radius 2 is 1.74 bits per heavy atom. The molecule has 0 aliphatic carbocycles. The average Bonchev–Trinajstić information content (AvgIpc) is 3.19. The van der Waals surface area contributed by atoms with E-state index in [1.807, 2.05) is 60.8 Å². The molecule has 2 amide bonds. The summed E-state index contributed by atoms with van der Waals surface area (Å²) in [5.74, 6) is -1.04. The van der Waals surface area contributed by atoms with Gasteiger partial charge in [0.15, 0.2) is 0 Å². The number of aromatic nitrogens is 1. The van der Waals surface area contributed by atoms with Crippen LogP contribution in [0.3, 0.4) is 0 Å². The quantitative estimate of drug-likeness (QED) is 0.428. The molecule has 0 saturated heterocycles. The van der Waals surface area contributed by atoms with E-state index in [0.29, 0.717) is 6.42 Å². The molecule has 31 heavy (non-hydrogen) atoms. The fourth-order valence-electron chi connectivity index (χ4n) is 3.11. The van der Waals surface area contributed by atoms with Crippen LogP contribution in [0.4, 0.5) is 4.79 Å². The number of H-pyrrole nitrogens is 1. The molecule has 2 N–H and O–H groups in total. The lowest BCUT2D eigenvalue weighted by Crippen LogP contribution is -2.49. The van der Waals surface area contributed by atoms with Crippen molar-refractivity contribution in [1.82, 2.24) is 15.4 Å². The Balaban J connectivity index is 1.60. The number of aromatic amines is 1. The van der Waals surface area contributed by atoms with Gasteiger partial charge in [0, 0.05) is 23.5 Å². The molecule has 1 aromatic heterocycles. The topological polar surface area (TPSA) is 101 Å². The second-order valence-electron chi connectivity index (χ2n) is 6.82. The number of hydrogen-bond acceptors (Lipinski definition) is 5. The van der Waals surface area contributed by atoms with E-state index in [1.54, 1.807) is 6.92 Å². The lowest BCUT2D eigenvalue weighted by atomic mass is 10.1. The van der Waals surface area contributed by atoms with E-state index in [0.717, 1.165) is 27.0 Å². The Bertz CT molecular complexity index is 1030. The Hall–Kier alpha value is -3.81. The van der Waals surface area contributed by atoms with E-state index in [2.05, 4.69) is 10.4 Å². The van der Waals surface area contributed by atoms with E-state index >= 15 is 0 Å². The number of benzene rings is 2. The van der Waals surface area contributed by atoms with Crippen LogP contribution in [0.25, 0.3) is 10.9 Å². The van der Waals surface area contributed by atoms with Gasteiger partial charge in [-0.2, -0.15) is 0 Å². The van der Waals surface area contributed by atoms with Crippen LogP contribution in [0.2, 0.25) is 0 Å². The molecule has 1 heterocycles. The molecule has 0 aliphatic rings. The third-order valence-electron chi connectivity index (χ3n) is 4.62. The SMILES string of the molecule is CCOC(=O)CN(NC(=O)OCc1ccccc1)C(=O)CCc1c[nH]c2ccccc12. The third kappa shape index (κ3) is 6.33. The van der Waals surface area contributed by atoms with Crippen molar-refractivity contribution in [3.8, 4) is 0 Å². The smallest absolute Gasteiger partial charge is 0.426 e. The Morgan fingerprint density at radius 3 is 2.52 bits per heavy atom. The lowest BCUT2D eigenvalue weighted by Gasteiger charge is -2.22. The summed E-state index contributed by atoms with van der Waals surface area (Å²) in [6.45, 7) is 1.49. The van der Waals surface area contributed by atoms with Crippen molar-refractivity contribution < 1.29 is 23.9 Å². The van der Waals surface area contributed by atoms with Gasteiger partial charge in [-0.1, -0.05) is 48.5 Å². The molecule has 3 aromatic rings. The maximum absolute atomic E-state index is 12.8. The minimum Gasteiger partial charge on any atom is -0.465 e. The molecular formula is C23H25N3O5. The van der Waals surface area contributed by atoms with Crippen molar-refractivity contribution >= 4 is 28.9 Å². The van der Waals surface area contributed by atoms with E-state index in [1.165, 1.54) is 0 Å². The van der Waals surface area contributed by atoms with Crippen LogP contribution in [0, 0.1) is 0 Å². The highest BCUT2D eigenvalue weighted by molar-refractivity contribution is 5.86. The van der Waals surface area contributed by atoms with Gasteiger partial charge >= 0.3 is 12.1 Å².